The van der Waals surface area contributed by atoms with Crippen LogP contribution in [0.4, 0.5) is 5.13 Å². The Morgan fingerprint density at radius 1 is 1.79 bits per heavy atom. The van der Waals surface area contributed by atoms with Crippen molar-refractivity contribution < 1.29 is 9.90 Å². The van der Waals surface area contributed by atoms with Crippen molar-refractivity contribution >= 4 is 22.4 Å². The molecular weight excluding hydrogens is 200 g/mol. The molecule has 0 atom stereocenters. The molecule has 5 heteroatoms. The van der Waals surface area contributed by atoms with Crippen LogP contribution in [0.25, 0.3) is 0 Å². The van der Waals surface area contributed by atoms with Gasteiger partial charge in [0, 0.05) is 12.6 Å². The zero-order chi connectivity index (χ0) is 10.1. The number of hydrogen-bond acceptors (Lipinski definition) is 4. The lowest BCUT2D eigenvalue weighted by atomic mass is 10.5. The molecule has 14 heavy (non-hydrogen) atoms. The summed E-state index contributed by atoms with van der Waals surface area (Å²) >= 11 is 1.26. The summed E-state index contributed by atoms with van der Waals surface area (Å²) in [6.45, 7) is 2.97. The van der Waals surface area contributed by atoms with Gasteiger partial charge in [0.1, 0.15) is 4.88 Å². The molecule has 1 aliphatic carbocycles. The number of aromatic carboxylic acids is 1. The molecule has 1 fully saturated rings. The van der Waals surface area contributed by atoms with Crippen molar-refractivity contribution in [1.82, 2.24) is 4.98 Å². The number of anilines is 1. The minimum Gasteiger partial charge on any atom is -0.477 e. The van der Waals surface area contributed by atoms with Crippen LogP contribution in [0.2, 0.25) is 0 Å². The maximum absolute atomic E-state index is 10.7. The van der Waals surface area contributed by atoms with Crippen LogP contribution in [0.1, 0.15) is 29.4 Å². The van der Waals surface area contributed by atoms with Crippen molar-refractivity contribution in [3.8, 4) is 0 Å². The fourth-order valence-corrected chi connectivity index (χ4v) is 2.32. The Hall–Kier alpha value is -1.10. The molecule has 76 valence electrons. The van der Waals surface area contributed by atoms with Crippen LogP contribution in [0, 0.1) is 0 Å². The molecule has 2 rings (SSSR count). The van der Waals surface area contributed by atoms with Crippen LogP contribution in [-0.2, 0) is 0 Å². The molecule has 1 aliphatic rings. The van der Waals surface area contributed by atoms with Gasteiger partial charge in [0.15, 0.2) is 5.13 Å². The van der Waals surface area contributed by atoms with Crippen molar-refractivity contribution in [3.05, 3.63) is 11.1 Å². The van der Waals surface area contributed by atoms with E-state index in [-0.39, 0.29) is 0 Å². The molecule has 0 aromatic carbocycles. The van der Waals surface area contributed by atoms with E-state index in [1.165, 1.54) is 30.4 Å². The predicted octanol–water partition coefficient (Wildman–Crippen LogP) is 1.83. The number of rotatable bonds is 4. The van der Waals surface area contributed by atoms with Gasteiger partial charge in [0.05, 0.1) is 6.20 Å². The van der Waals surface area contributed by atoms with Crippen LogP contribution in [-0.4, -0.2) is 28.6 Å². The molecule has 0 bridgehead atoms. The number of aromatic nitrogens is 1. The second kappa shape index (κ2) is 3.57. The Bertz CT molecular complexity index is 346. The Morgan fingerprint density at radius 2 is 2.50 bits per heavy atom. The van der Waals surface area contributed by atoms with Crippen molar-refractivity contribution in [3.63, 3.8) is 0 Å². The van der Waals surface area contributed by atoms with E-state index in [2.05, 4.69) is 16.8 Å². The standard InChI is InChI=1S/C9H12N2O2S/c1-2-11(6-3-4-6)9-10-5-7(14-9)8(12)13/h5-6H,2-4H2,1H3,(H,12,13). The molecule has 1 saturated carbocycles. The predicted molar refractivity (Wildman–Crippen MR) is 55.1 cm³/mol. The van der Waals surface area contributed by atoms with E-state index in [9.17, 15) is 4.79 Å². The number of thiazole rings is 1. The van der Waals surface area contributed by atoms with Gasteiger partial charge in [-0.3, -0.25) is 0 Å². The molecule has 0 unspecified atom stereocenters. The van der Waals surface area contributed by atoms with E-state index >= 15 is 0 Å². The highest BCUT2D eigenvalue weighted by atomic mass is 32.1. The summed E-state index contributed by atoms with van der Waals surface area (Å²) in [5.74, 6) is -0.888. The van der Waals surface area contributed by atoms with Gasteiger partial charge >= 0.3 is 5.97 Å². The van der Waals surface area contributed by atoms with Crippen LogP contribution in [0.3, 0.4) is 0 Å². The summed E-state index contributed by atoms with van der Waals surface area (Å²) < 4.78 is 0. The third kappa shape index (κ3) is 1.72. The number of carboxylic acid groups (broad SMARTS) is 1. The highest BCUT2D eigenvalue weighted by Crippen LogP contribution is 2.33. The number of carbonyl (C=O) groups is 1. The quantitative estimate of drug-likeness (QED) is 0.827. The van der Waals surface area contributed by atoms with Crippen molar-refractivity contribution in [2.24, 2.45) is 0 Å². The molecule has 1 heterocycles. The van der Waals surface area contributed by atoms with Gasteiger partial charge in [-0.2, -0.15) is 0 Å². The number of hydrogen-bond donors (Lipinski definition) is 1. The van der Waals surface area contributed by atoms with E-state index < -0.39 is 5.97 Å². The smallest absolute Gasteiger partial charge is 0.347 e. The molecule has 0 aliphatic heterocycles. The Balaban J connectivity index is 2.17. The van der Waals surface area contributed by atoms with Crippen LogP contribution < -0.4 is 4.90 Å². The SMILES string of the molecule is CCN(c1ncc(C(=O)O)s1)C1CC1. The number of nitrogens with zero attached hydrogens (tertiary/aromatic N) is 2. The second-order valence-electron chi connectivity index (χ2n) is 3.33. The molecule has 1 N–H and O–H groups in total. The van der Waals surface area contributed by atoms with E-state index in [0.29, 0.717) is 10.9 Å². The fourth-order valence-electron chi connectivity index (χ4n) is 1.43. The first-order valence-electron chi connectivity index (χ1n) is 4.68. The highest BCUT2D eigenvalue weighted by Gasteiger charge is 2.30. The van der Waals surface area contributed by atoms with Crippen LogP contribution >= 0.6 is 11.3 Å². The second-order valence-corrected chi connectivity index (χ2v) is 4.34. The summed E-state index contributed by atoms with van der Waals surface area (Å²) in [5.41, 5.74) is 0. The molecular formula is C9H12N2O2S. The average Bonchev–Trinajstić information content (AvgIpc) is 2.84. The minimum atomic E-state index is -0.888. The lowest BCUT2D eigenvalue weighted by molar-refractivity contribution is 0.0702. The van der Waals surface area contributed by atoms with E-state index in [0.717, 1.165) is 11.7 Å². The minimum absolute atomic E-state index is 0.319. The summed E-state index contributed by atoms with van der Waals surface area (Å²) in [5, 5.41) is 9.60. The van der Waals surface area contributed by atoms with Crippen molar-refractivity contribution in [1.29, 1.82) is 0 Å². The average molecular weight is 212 g/mol. The van der Waals surface area contributed by atoms with E-state index in [1.54, 1.807) is 0 Å². The maximum Gasteiger partial charge on any atom is 0.347 e. The highest BCUT2D eigenvalue weighted by molar-refractivity contribution is 7.17. The Morgan fingerprint density at radius 3 is 2.93 bits per heavy atom. The number of carboxylic acids is 1. The van der Waals surface area contributed by atoms with Crippen LogP contribution in [0.15, 0.2) is 6.20 Å². The molecule has 0 spiro atoms. The molecule has 4 nitrogen and oxygen atoms in total. The zero-order valence-electron chi connectivity index (χ0n) is 7.93. The van der Waals surface area contributed by atoms with E-state index in [1.807, 2.05) is 0 Å². The first-order chi connectivity index (χ1) is 6.72. The summed E-state index contributed by atoms with van der Waals surface area (Å²) in [6, 6.07) is 0.591. The van der Waals surface area contributed by atoms with Crippen LogP contribution in [0.5, 0.6) is 0 Å². The Kier molecular flexibility index (Phi) is 2.41. The van der Waals surface area contributed by atoms with Gasteiger partial charge in [0.2, 0.25) is 0 Å². The largest absolute Gasteiger partial charge is 0.477 e. The van der Waals surface area contributed by atoms with Gasteiger partial charge in [-0.1, -0.05) is 11.3 Å². The summed E-state index contributed by atoms with van der Waals surface area (Å²) in [6.07, 6.45) is 3.85. The topological polar surface area (TPSA) is 53.4 Å². The maximum atomic E-state index is 10.7. The molecule has 0 amide bonds. The van der Waals surface area contributed by atoms with Gasteiger partial charge in [0.25, 0.3) is 0 Å². The third-order valence-electron chi connectivity index (χ3n) is 2.28. The monoisotopic (exact) mass is 212 g/mol. The third-order valence-corrected chi connectivity index (χ3v) is 3.30. The normalized spacial score (nSPS) is 15.5. The summed E-state index contributed by atoms with van der Waals surface area (Å²) in [4.78, 5) is 17.3. The lowest BCUT2D eigenvalue weighted by Crippen LogP contribution is -2.24. The molecule has 0 saturated heterocycles. The molecule has 1 aromatic heterocycles. The first kappa shape index (κ1) is 9.45. The van der Waals surface area contributed by atoms with Crippen molar-refractivity contribution in [2.45, 2.75) is 25.8 Å². The first-order valence-corrected chi connectivity index (χ1v) is 5.49. The van der Waals surface area contributed by atoms with Gasteiger partial charge in [-0.25, -0.2) is 9.78 Å². The lowest BCUT2D eigenvalue weighted by Gasteiger charge is -2.18. The molecule has 0 radical (unpaired) electrons. The fraction of sp³-hybridized carbons (Fsp3) is 0.556. The molecule has 1 aromatic rings. The zero-order valence-corrected chi connectivity index (χ0v) is 8.75. The van der Waals surface area contributed by atoms with Gasteiger partial charge in [-0.05, 0) is 19.8 Å². The Labute approximate surface area is 86.2 Å². The van der Waals surface area contributed by atoms with Crippen molar-refractivity contribution in [2.75, 3.05) is 11.4 Å². The van der Waals surface area contributed by atoms with Gasteiger partial charge < -0.3 is 10.0 Å². The summed E-state index contributed by atoms with van der Waals surface area (Å²) in [7, 11) is 0. The van der Waals surface area contributed by atoms with Gasteiger partial charge in [-0.15, -0.1) is 0 Å². The van der Waals surface area contributed by atoms with E-state index in [4.69, 9.17) is 5.11 Å².